The molecule has 114 valence electrons. The minimum atomic E-state index is -0.862. The second-order valence-electron chi connectivity index (χ2n) is 4.45. The molecule has 0 unspecified atom stereocenters. The lowest BCUT2D eigenvalue weighted by molar-refractivity contribution is -0.144. The van der Waals surface area contributed by atoms with Gasteiger partial charge in [0.25, 0.3) is 0 Å². The molecule has 0 saturated carbocycles. The number of benzene rings is 1. The van der Waals surface area contributed by atoms with Gasteiger partial charge in [-0.25, -0.2) is 0 Å². The molecule has 0 aliphatic rings. The summed E-state index contributed by atoms with van der Waals surface area (Å²) in [4.78, 5) is 33.4. The first-order valence-electron chi connectivity index (χ1n) is 6.77. The minimum Gasteiger partial charge on any atom is -0.481 e. The van der Waals surface area contributed by atoms with Gasteiger partial charge in [0.1, 0.15) is 0 Å². The molecule has 0 bridgehead atoms. The van der Waals surface area contributed by atoms with Crippen molar-refractivity contribution < 1.29 is 24.2 Å². The van der Waals surface area contributed by atoms with Gasteiger partial charge < -0.3 is 15.2 Å². The van der Waals surface area contributed by atoms with Crippen molar-refractivity contribution >= 4 is 23.5 Å². The number of carboxylic acids is 1. The number of anilines is 1. The molecular weight excluding hydrogens is 274 g/mol. The summed E-state index contributed by atoms with van der Waals surface area (Å²) in [5.41, 5.74) is 1.42. The Bertz CT molecular complexity index is 513. The van der Waals surface area contributed by atoms with Crippen LogP contribution < -0.4 is 5.32 Å². The summed E-state index contributed by atoms with van der Waals surface area (Å²) in [5, 5.41) is 11.3. The molecule has 0 aliphatic heterocycles. The molecule has 0 atom stereocenters. The maximum absolute atomic E-state index is 11.7. The van der Waals surface area contributed by atoms with Crippen LogP contribution in [0.3, 0.4) is 0 Å². The standard InChI is InChI=1S/C15H19NO5/c1-2-21-15(20)9-7-13(17)16-12-5-3-4-11(10-12)6-8-14(18)19/h3-5,10H,2,6-9H2,1H3,(H,16,17)(H,18,19). The van der Waals surface area contributed by atoms with Gasteiger partial charge in [-0.15, -0.1) is 0 Å². The number of rotatable bonds is 8. The van der Waals surface area contributed by atoms with E-state index in [1.165, 1.54) is 0 Å². The summed E-state index contributed by atoms with van der Waals surface area (Å²) in [6.07, 6.45) is 0.540. The van der Waals surface area contributed by atoms with E-state index in [4.69, 9.17) is 9.84 Å². The van der Waals surface area contributed by atoms with Crippen molar-refractivity contribution in [2.75, 3.05) is 11.9 Å². The fourth-order valence-corrected chi connectivity index (χ4v) is 1.73. The van der Waals surface area contributed by atoms with E-state index in [0.717, 1.165) is 5.56 Å². The lowest BCUT2D eigenvalue weighted by Crippen LogP contribution is -2.14. The van der Waals surface area contributed by atoms with Crippen molar-refractivity contribution in [1.82, 2.24) is 0 Å². The highest BCUT2D eigenvalue weighted by atomic mass is 16.5. The Morgan fingerprint density at radius 3 is 2.62 bits per heavy atom. The summed E-state index contributed by atoms with van der Waals surface area (Å²) in [6, 6.07) is 6.99. The number of aliphatic carboxylic acids is 1. The summed E-state index contributed by atoms with van der Waals surface area (Å²) < 4.78 is 4.74. The van der Waals surface area contributed by atoms with E-state index < -0.39 is 11.9 Å². The molecule has 21 heavy (non-hydrogen) atoms. The number of nitrogens with one attached hydrogen (secondary N) is 1. The number of carbonyl (C=O) groups excluding carboxylic acids is 2. The number of carbonyl (C=O) groups is 3. The molecule has 1 aromatic carbocycles. The predicted molar refractivity (Wildman–Crippen MR) is 76.9 cm³/mol. The molecule has 6 heteroatoms. The number of hydrogen-bond donors (Lipinski definition) is 2. The van der Waals surface area contributed by atoms with E-state index in [2.05, 4.69) is 5.32 Å². The molecular formula is C15H19NO5. The van der Waals surface area contributed by atoms with Crippen molar-refractivity contribution in [3.63, 3.8) is 0 Å². The van der Waals surface area contributed by atoms with Gasteiger partial charge in [-0.05, 0) is 31.0 Å². The maximum Gasteiger partial charge on any atom is 0.306 e. The van der Waals surface area contributed by atoms with Crippen LogP contribution in [0.5, 0.6) is 0 Å². The van der Waals surface area contributed by atoms with E-state index in [0.29, 0.717) is 18.7 Å². The maximum atomic E-state index is 11.7. The molecule has 2 N–H and O–H groups in total. The molecule has 1 aromatic rings. The number of esters is 1. The van der Waals surface area contributed by atoms with Gasteiger partial charge in [-0.2, -0.15) is 0 Å². The first-order chi connectivity index (χ1) is 10.0. The molecule has 0 radical (unpaired) electrons. The fourth-order valence-electron chi connectivity index (χ4n) is 1.73. The second kappa shape index (κ2) is 8.73. The van der Waals surface area contributed by atoms with Crippen molar-refractivity contribution in [1.29, 1.82) is 0 Å². The average molecular weight is 293 g/mol. The molecule has 0 saturated heterocycles. The summed E-state index contributed by atoms with van der Waals surface area (Å²) in [7, 11) is 0. The van der Waals surface area contributed by atoms with Gasteiger partial charge in [-0.1, -0.05) is 12.1 Å². The van der Waals surface area contributed by atoms with Crippen LogP contribution >= 0.6 is 0 Å². The van der Waals surface area contributed by atoms with Crippen LogP contribution in [0.1, 0.15) is 31.7 Å². The molecule has 6 nitrogen and oxygen atoms in total. The zero-order chi connectivity index (χ0) is 15.7. The topological polar surface area (TPSA) is 92.7 Å². The summed E-state index contributed by atoms with van der Waals surface area (Å²) in [6.45, 7) is 2.01. The molecule has 1 rings (SSSR count). The smallest absolute Gasteiger partial charge is 0.306 e. The SMILES string of the molecule is CCOC(=O)CCC(=O)Nc1cccc(CCC(=O)O)c1. The number of carboxylic acid groups (broad SMARTS) is 1. The van der Waals surface area contributed by atoms with Crippen molar-refractivity contribution in [3.8, 4) is 0 Å². The van der Waals surface area contributed by atoms with E-state index in [-0.39, 0.29) is 25.2 Å². The Morgan fingerprint density at radius 2 is 1.95 bits per heavy atom. The van der Waals surface area contributed by atoms with Crippen LogP contribution in [-0.2, 0) is 25.5 Å². The van der Waals surface area contributed by atoms with Gasteiger partial charge >= 0.3 is 11.9 Å². The lowest BCUT2D eigenvalue weighted by atomic mass is 10.1. The summed E-state index contributed by atoms with van der Waals surface area (Å²) >= 11 is 0. The fraction of sp³-hybridized carbons (Fsp3) is 0.400. The number of hydrogen-bond acceptors (Lipinski definition) is 4. The van der Waals surface area contributed by atoms with Crippen LogP contribution in [0.2, 0.25) is 0 Å². The monoisotopic (exact) mass is 293 g/mol. The number of ether oxygens (including phenoxy) is 1. The third kappa shape index (κ3) is 7.10. The Kier molecular flexibility index (Phi) is 6.94. The third-order valence-electron chi connectivity index (χ3n) is 2.70. The highest BCUT2D eigenvalue weighted by Gasteiger charge is 2.08. The van der Waals surface area contributed by atoms with E-state index in [9.17, 15) is 14.4 Å². The number of aryl methyl sites for hydroxylation is 1. The van der Waals surface area contributed by atoms with Gasteiger partial charge in [0, 0.05) is 18.5 Å². The molecule has 0 fully saturated rings. The molecule has 0 aromatic heterocycles. The first-order valence-corrected chi connectivity index (χ1v) is 6.77. The van der Waals surface area contributed by atoms with Crippen molar-refractivity contribution in [2.45, 2.75) is 32.6 Å². The Morgan fingerprint density at radius 1 is 1.19 bits per heavy atom. The minimum absolute atomic E-state index is 0.0401. The van der Waals surface area contributed by atoms with Crippen LogP contribution in [0.25, 0.3) is 0 Å². The van der Waals surface area contributed by atoms with E-state index in [1.807, 2.05) is 0 Å². The third-order valence-corrected chi connectivity index (χ3v) is 2.70. The van der Waals surface area contributed by atoms with Crippen LogP contribution in [-0.4, -0.2) is 29.6 Å². The van der Waals surface area contributed by atoms with Gasteiger partial charge in [0.2, 0.25) is 5.91 Å². The zero-order valence-electron chi connectivity index (χ0n) is 11.9. The van der Waals surface area contributed by atoms with Crippen LogP contribution in [0, 0.1) is 0 Å². The molecule has 0 aliphatic carbocycles. The van der Waals surface area contributed by atoms with Crippen LogP contribution in [0.4, 0.5) is 5.69 Å². The Hall–Kier alpha value is -2.37. The highest BCUT2D eigenvalue weighted by molar-refractivity contribution is 5.92. The van der Waals surface area contributed by atoms with Gasteiger partial charge in [0.15, 0.2) is 0 Å². The van der Waals surface area contributed by atoms with Crippen molar-refractivity contribution in [2.24, 2.45) is 0 Å². The quantitative estimate of drug-likeness (QED) is 0.715. The molecule has 0 heterocycles. The van der Waals surface area contributed by atoms with E-state index in [1.54, 1.807) is 31.2 Å². The number of amides is 1. The largest absolute Gasteiger partial charge is 0.481 e. The molecule has 0 spiro atoms. The summed E-state index contributed by atoms with van der Waals surface area (Å²) in [5.74, 6) is -1.54. The highest BCUT2D eigenvalue weighted by Crippen LogP contribution is 2.13. The average Bonchev–Trinajstić information content (AvgIpc) is 2.44. The zero-order valence-corrected chi connectivity index (χ0v) is 11.9. The Balaban J connectivity index is 2.46. The van der Waals surface area contributed by atoms with E-state index >= 15 is 0 Å². The molecule has 1 amide bonds. The second-order valence-corrected chi connectivity index (χ2v) is 4.45. The van der Waals surface area contributed by atoms with Crippen molar-refractivity contribution in [3.05, 3.63) is 29.8 Å². The lowest BCUT2D eigenvalue weighted by Gasteiger charge is -2.07. The predicted octanol–water partition coefficient (Wildman–Crippen LogP) is 1.99. The Labute approximate surface area is 123 Å². The van der Waals surface area contributed by atoms with Gasteiger partial charge in [-0.3, -0.25) is 14.4 Å². The first kappa shape index (κ1) is 16.7. The van der Waals surface area contributed by atoms with Gasteiger partial charge in [0.05, 0.1) is 13.0 Å². The van der Waals surface area contributed by atoms with Crippen LogP contribution in [0.15, 0.2) is 24.3 Å². The normalized spacial score (nSPS) is 9.95.